The van der Waals surface area contributed by atoms with Crippen LogP contribution in [-0.4, -0.2) is 17.0 Å². The number of carbonyl (C=O) groups excluding carboxylic acids is 1. The zero-order valence-corrected chi connectivity index (χ0v) is 7.00. The van der Waals surface area contributed by atoms with Gasteiger partial charge in [0.15, 0.2) is 5.78 Å². The van der Waals surface area contributed by atoms with Crippen LogP contribution in [0.5, 0.6) is 0 Å². The van der Waals surface area contributed by atoms with Gasteiger partial charge in [-0.2, -0.15) is 0 Å². The Morgan fingerprint density at radius 2 is 2.36 bits per heavy atom. The summed E-state index contributed by atoms with van der Waals surface area (Å²) in [6, 6.07) is 0. The van der Waals surface area contributed by atoms with Gasteiger partial charge in [-0.05, 0) is 5.92 Å². The van der Waals surface area contributed by atoms with E-state index < -0.39 is 11.5 Å². The molecule has 1 aliphatic rings. The van der Waals surface area contributed by atoms with Gasteiger partial charge >= 0.3 is 0 Å². The topological polar surface area (TPSA) is 37.3 Å². The van der Waals surface area contributed by atoms with Gasteiger partial charge < -0.3 is 5.11 Å². The highest BCUT2D eigenvalue weighted by atomic mass is 16.3. The van der Waals surface area contributed by atoms with E-state index in [0.29, 0.717) is 6.42 Å². The zero-order valence-electron chi connectivity index (χ0n) is 7.00. The molecule has 2 heteroatoms. The van der Waals surface area contributed by atoms with Gasteiger partial charge in [-0.3, -0.25) is 4.79 Å². The smallest absolute Gasteiger partial charge is 0.162 e. The van der Waals surface area contributed by atoms with Gasteiger partial charge in [0, 0.05) is 11.8 Å². The summed E-state index contributed by atoms with van der Waals surface area (Å²) >= 11 is 0. The minimum absolute atomic E-state index is 0.0556. The van der Waals surface area contributed by atoms with E-state index in [-0.39, 0.29) is 11.7 Å². The molecule has 0 bridgehead atoms. The standard InChI is InChI=1S/C9H14O2/c1-4-9(3)6(2)5-7(10)8(9)11/h4,6,8,11H,1,5H2,2-3H3/t6-,8-,9+/m0/s1. The van der Waals surface area contributed by atoms with Crippen LogP contribution in [0.15, 0.2) is 12.7 Å². The molecule has 0 aliphatic heterocycles. The maximum atomic E-state index is 11.1. The Balaban J connectivity index is 2.95. The van der Waals surface area contributed by atoms with Crippen LogP contribution in [-0.2, 0) is 4.79 Å². The molecule has 11 heavy (non-hydrogen) atoms. The highest BCUT2D eigenvalue weighted by Crippen LogP contribution is 2.41. The van der Waals surface area contributed by atoms with E-state index in [2.05, 4.69) is 6.58 Å². The van der Waals surface area contributed by atoms with Crippen molar-refractivity contribution in [1.82, 2.24) is 0 Å². The monoisotopic (exact) mass is 154 g/mol. The third-order valence-electron chi connectivity index (χ3n) is 2.90. The fourth-order valence-corrected chi connectivity index (χ4v) is 1.56. The van der Waals surface area contributed by atoms with Crippen LogP contribution in [0.1, 0.15) is 20.3 Å². The van der Waals surface area contributed by atoms with Crippen LogP contribution >= 0.6 is 0 Å². The second-order valence-corrected chi connectivity index (χ2v) is 3.54. The molecule has 0 aromatic rings. The molecule has 0 aromatic heterocycles. The number of Topliss-reactive ketones (excluding diaryl/α,β-unsaturated/α-hetero) is 1. The first kappa shape index (κ1) is 8.47. The second-order valence-electron chi connectivity index (χ2n) is 3.54. The van der Waals surface area contributed by atoms with E-state index in [1.54, 1.807) is 6.08 Å². The number of hydrogen-bond donors (Lipinski definition) is 1. The highest BCUT2D eigenvalue weighted by molar-refractivity contribution is 5.87. The molecule has 1 rings (SSSR count). The molecule has 0 radical (unpaired) electrons. The molecule has 3 atom stereocenters. The Kier molecular flexibility index (Phi) is 1.89. The average Bonchev–Trinajstić information content (AvgIpc) is 2.16. The largest absolute Gasteiger partial charge is 0.384 e. The molecule has 0 saturated heterocycles. The Morgan fingerprint density at radius 3 is 2.55 bits per heavy atom. The van der Waals surface area contributed by atoms with E-state index in [0.717, 1.165) is 0 Å². The van der Waals surface area contributed by atoms with Crippen LogP contribution in [0.4, 0.5) is 0 Å². The van der Waals surface area contributed by atoms with Gasteiger partial charge in [0.1, 0.15) is 6.10 Å². The molecule has 62 valence electrons. The molecule has 0 unspecified atom stereocenters. The maximum Gasteiger partial charge on any atom is 0.162 e. The summed E-state index contributed by atoms with van der Waals surface area (Å²) in [5.74, 6) is 0.155. The molecular formula is C9H14O2. The SMILES string of the molecule is C=C[C@]1(C)[C@@H](C)CC(=O)[C@@H]1O. The van der Waals surface area contributed by atoms with Gasteiger partial charge in [0.05, 0.1) is 0 Å². The number of hydrogen-bond acceptors (Lipinski definition) is 2. The van der Waals surface area contributed by atoms with Crippen LogP contribution in [0.3, 0.4) is 0 Å². The van der Waals surface area contributed by atoms with Gasteiger partial charge in [-0.25, -0.2) is 0 Å². The first-order valence-corrected chi connectivity index (χ1v) is 3.86. The Bertz CT molecular complexity index is 198. The van der Waals surface area contributed by atoms with Crippen molar-refractivity contribution in [3.63, 3.8) is 0 Å². The lowest BCUT2D eigenvalue weighted by Crippen LogP contribution is -2.31. The van der Waals surface area contributed by atoms with Gasteiger partial charge in [-0.15, -0.1) is 6.58 Å². The molecule has 1 N–H and O–H groups in total. The summed E-state index contributed by atoms with van der Waals surface area (Å²) in [6.07, 6.45) is 1.33. The molecule has 2 nitrogen and oxygen atoms in total. The number of aliphatic hydroxyl groups is 1. The fraction of sp³-hybridized carbons (Fsp3) is 0.667. The Hall–Kier alpha value is -0.630. The molecule has 1 fully saturated rings. The van der Waals surface area contributed by atoms with Crippen molar-refractivity contribution in [2.75, 3.05) is 0 Å². The van der Waals surface area contributed by atoms with E-state index in [1.165, 1.54) is 0 Å². The minimum atomic E-state index is -0.838. The van der Waals surface area contributed by atoms with Crippen molar-refractivity contribution < 1.29 is 9.90 Å². The lowest BCUT2D eigenvalue weighted by atomic mass is 9.79. The molecule has 1 aliphatic carbocycles. The normalized spacial score (nSPS) is 44.5. The molecular weight excluding hydrogens is 140 g/mol. The summed E-state index contributed by atoms with van der Waals surface area (Å²) in [4.78, 5) is 11.1. The minimum Gasteiger partial charge on any atom is -0.384 e. The molecule has 0 heterocycles. The molecule has 1 saturated carbocycles. The van der Waals surface area contributed by atoms with Crippen molar-refractivity contribution in [3.05, 3.63) is 12.7 Å². The lowest BCUT2D eigenvalue weighted by molar-refractivity contribution is -0.126. The van der Waals surface area contributed by atoms with E-state index in [1.807, 2.05) is 13.8 Å². The summed E-state index contributed by atoms with van der Waals surface area (Å²) in [6.45, 7) is 7.48. The number of aliphatic hydroxyl groups excluding tert-OH is 1. The Morgan fingerprint density at radius 1 is 1.82 bits per heavy atom. The van der Waals surface area contributed by atoms with Crippen molar-refractivity contribution in [2.24, 2.45) is 11.3 Å². The van der Waals surface area contributed by atoms with Crippen LogP contribution in [0, 0.1) is 11.3 Å². The van der Waals surface area contributed by atoms with Gasteiger partial charge in [0.2, 0.25) is 0 Å². The summed E-state index contributed by atoms with van der Waals surface area (Å²) in [7, 11) is 0. The zero-order chi connectivity index (χ0) is 8.65. The Labute approximate surface area is 66.9 Å². The third kappa shape index (κ3) is 1.02. The van der Waals surface area contributed by atoms with Crippen LogP contribution in [0.2, 0.25) is 0 Å². The quantitative estimate of drug-likeness (QED) is 0.575. The van der Waals surface area contributed by atoms with Crippen molar-refractivity contribution in [3.8, 4) is 0 Å². The van der Waals surface area contributed by atoms with Crippen LogP contribution < -0.4 is 0 Å². The number of rotatable bonds is 1. The predicted octanol–water partition coefficient (Wildman–Crippen LogP) is 1.15. The first-order valence-electron chi connectivity index (χ1n) is 3.86. The van der Waals surface area contributed by atoms with Crippen LogP contribution in [0.25, 0.3) is 0 Å². The number of ketones is 1. The summed E-state index contributed by atoms with van der Waals surface area (Å²) in [5, 5.41) is 9.47. The van der Waals surface area contributed by atoms with Gasteiger partial charge in [0.25, 0.3) is 0 Å². The second kappa shape index (κ2) is 2.45. The van der Waals surface area contributed by atoms with Gasteiger partial charge in [-0.1, -0.05) is 19.9 Å². The molecule has 0 aromatic carbocycles. The lowest BCUT2D eigenvalue weighted by Gasteiger charge is -2.26. The van der Waals surface area contributed by atoms with Crippen molar-refractivity contribution in [2.45, 2.75) is 26.4 Å². The van der Waals surface area contributed by atoms with Crippen molar-refractivity contribution in [1.29, 1.82) is 0 Å². The van der Waals surface area contributed by atoms with E-state index in [4.69, 9.17) is 0 Å². The predicted molar refractivity (Wildman–Crippen MR) is 43.1 cm³/mol. The first-order chi connectivity index (χ1) is 5.02. The molecule has 0 amide bonds. The highest BCUT2D eigenvalue weighted by Gasteiger charge is 2.46. The van der Waals surface area contributed by atoms with Crippen molar-refractivity contribution >= 4 is 5.78 Å². The summed E-state index contributed by atoms with van der Waals surface area (Å²) < 4.78 is 0. The maximum absolute atomic E-state index is 11.1. The number of carbonyl (C=O) groups is 1. The average molecular weight is 154 g/mol. The molecule has 0 spiro atoms. The van der Waals surface area contributed by atoms with E-state index >= 15 is 0 Å². The fourth-order valence-electron chi connectivity index (χ4n) is 1.56. The van der Waals surface area contributed by atoms with E-state index in [9.17, 15) is 9.90 Å². The summed E-state index contributed by atoms with van der Waals surface area (Å²) in [5.41, 5.74) is -0.406. The third-order valence-corrected chi connectivity index (χ3v) is 2.90.